The molecule has 1 saturated heterocycles. The summed E-state index contributed by atoms with van der Waals surface area (Å²) in [7, 11) is 0. The molecule has 0 amide bonds. The largest absolute Gasteiger partial charge is 0.478 e. The Kier molecular flexibility index (Phi) is 3.84. The zero-order valence-electron chi connectivity index (χ0n) is 13.6. The number of anilines is 1. The molecule has 5 heteroatoms. The molecule has 0 bridgehead atoms. The molecule has 1 N–H and O–H groups in total. The highest BCUT2D eigenvalue weighted by Crippen LogP contribution is 2.38. The molecule has 0 aliphatic carbocycles. The van der Waals surface area contributed by atoms with Gasteiger partial charge in [0.2, 0.25) is 0 Å². The first-order valence-electron chi connectivity index (χ1n) is 8.32. The number of pyridine rings is 1. The van der Waals surface area contributed by atoms with Crippen molar-refractivity contribution in [1.29, 1.82) is 0 Å². The minimum absolute atomic E-state index is 0.270. The molecule has 0 spiro atoms. The number of aromatic nitrogens is 1. The van der Waals surface area contributed by atoms with Crippen molar-refractivity contribution in [2.75, 3.05) is 18.0 Å². The SMILES string of the molecule is O=C(O)c1c(N2CCCC2)c(-c2ccc(F)cc2)nc2ccccc12. The molecule has 0 atom stereocenters. The van der Waals surface area contributed by atoms with E-state index in [1.165, 1.54) is 12.1 Å². The number of nitrogens with zero attached hydrogens (tertiary/aromatic N) is 2. The number of para-hydroxylation sites is 1. The standard InChI is InChI=1S/C20H17FN2O2/c21-14-9-7-13(8-10-14)18-19(23-11-3-4-12-23)17(20(24)25)15-5-1-2-6-16(15)22-18/h1-2,5-10H,3-4,11-12H2,(H,24,25). The summed E-state index contributed by atoms with van der Waals surface area (Å²) < 4.78 is 13.3. The molecule has 1 aromatic heterocycles. The van der Waals surface area contributed by atoms with Gasteiger partial charge in [-0.25, -0.2) is 14.2 Å². The second-order valence-electron chi connectivity index (χ2n) is 6.21. The molecule has 4 nitrogen and oxygen atoms in total. The van der Waals surface area contributed by atoms with Gasteiger partial charge in [0.05, 0.1) is 22.5 Å². The Morgan fingerprint density at radius 1 is 1.04 bits per heavy atom. The van der Waals surface area contributed by atoms with Crippen LogP contribution < -0.4 is 4.90 Å². The van der Waals surface area contributed by atoms with Gasteiger partial charge in [-0.2, -0.15) is 0 Å². The van der Waals surface area contributed by atoms with Crippen LogP contribution in [0.4, 0.5) is 10.1 Å². The molecule has 2 heterocycles. The van der Waals surface area contributed by atoms with Crippen molar-refractivity contribution in [1.82, 2.24) is 4.98 Å². The molecule has 2 aromatic carbocycles. The Labute approximate surface area is 144 Å². The van der Waals surface area contributed by atoms with Crippen LogP contribution in [-0.2, 0) is 0 Å². The highest BCUT2D eigenvalue weighted by Gasteiger charge is 2.26. The van der Waals surface area contributed by atoms with Crippen LogP contribution in [0, 0.1) is 5.82 Å². The summed E-state index contributed by atoms with van der Waals surface area (Å²) in [5.41, 5.74) is 2.85. The maximum Gasteiger partial charge on any atom is 0.338 e. The first-order valence-corrected chi connectivity index (χ1v) is 8.32. The lowest BCUT2D eigenvalue weighted by atomic mass is 10.00. The lowest BCUT2D eigenvalue weighted by Gasteiger charge is -2.24. The van der Waals surface area contributed by atoms with Gasteiger partial charge < -0.3 is 10.0 Å². The molecule has 1 fully saturated rings. The van der Waals surface area contributed by atoms with Crippen molar-refractivity contribution in [3.63, 3.8) is 0 Å². The van der Waals surface area contributed by atoms with E-state index in [-0.39, 0.29) is 11.4 Å². The third-order valence-electron chi connectivity index (χ3n) is 4.62. The van der Waals surface area contributed by atoms with Gasteiger partial charge in [0.25, 0.3) is 0 Å². The number of halogens is 1. The van der Waals surface area contributed by atoms with Crippen molar-refractivity contribution >= 4 is 22.6 Å². The van der Waals surface area contributed by atoms with Crippen molar-refractivity contribution in [3.8, 4) is 11.3 Å². The fraction of sp³-hybridized carbons (Fsp3) is 0.200. The van der Waals surface area contributed by atoms with Crippen LogP contribution in [0.15, 0.2) is 48.5 Å². The van der Waals surface area contributed by atoms with E-state index in [1.807, 2.05) is 18.2 Å². The molecule has 0 saturated carbocycles. The molecular formula is C20H17FN2O2. The Bertz CT molecular complexity index is 948. The molecule has 1 aliphatic heterocycles. The Morgan fingerprint density at radius 2 is 1.72 bits per heavy atom. The number of aromatic carboxylic acids is 1. The van der Waals surface area contributed by atoms with E-state index < -0.39 is 5.97 Å². The normalized spacial score (nSPS) is 14.2. The quantitative estimate of drug-likeness (QED) is 0.773. The number of benzene rings is 2. The van der Waals surface area contributed by atoms with Crippen molar-refractivity contribution < 1.29 is 14.3 Å². The van der Waals surface area contributed by atoms with Crippen LogP contribution in [0.2, 0.25) is 0 Å². The van der Waals surface area contributed by atoms with Crippen LogP contribution in [0.25, 0.3) is 22.2 Å². The topological polar surface area (TPSA) is 53.4 Å². The lowest BCUT2D eigenvalue weighted by Crippen LogP contribution is -2.22. The number of fused-ring (bicyclic) bond motifs is 1. The second-order valence-corrected chi connectivity index (χ2v) is 6.21. The van der Waals surface area contributed by atoms with Gasteiger partial charge in [-0.15, -0.1) is 0 Å². The summed E-state index contributed by atoms with van der Waals surface area (Å²) >= 11 is 0. The Hall–Kier alpha value is -2.95. The van der Waals surface area contributed by atoms with Crippen LogP contribution in [0.3, 0.4) is 0 Å². The lowest BCUT2D eigenvalue weighted by molar-refractivity contribution is 0.0699. The van der Waals surface area contributed by atoms with Crippen LogP contribution in [0.1, 0.15) is 23.2 Å². The van der Waals surface area contributed by atoms with Crippen molar-refractivity contribution in [2.45, 2.75) is 12.8 Å². The number of carbonyl (C=O) groups is 1. The van der Waals surface area contributed by atoms with Crippen LogP contribution in [0.5, 0.6) is 0 Å². The molecule has 0 radical (unpaired) electrons. The highest BCUT2D eigenvalue weighted by molar-refractivity contribution is 6.10. The summed E-state index contributed by atoms with van der Waals surface area (Å²) in [6.07, 6.45) is 2.05. The fourth-order valence-electron chi connectivity index (χ4n) is 3.48. The van der Waals surface area contributed by atoms with E-state index in [9.17, 15) is 14.3 Å². The van der Waals surface area contributed by atoms with Gasteiger partial charge in [0.15, 0.2) is 0 Å². The summed E-state index contributed by atoms with van der Waals surface area (Å²) in [5, 5.41) is 10.6. The van der Waals surface area contributed by atoms with E-state index >= 15 is 0 Å². The predicted octanol–water partition coefficient (Wildman–Crippen LogP) is 4.34. The summed E-state index contributed by atoms with van der Waals surface area (Å²) in [6.45, 7) is 1.60. The Balaban J connectivity index is 2.07. The highest BCUT2D eigenvalue weighted by atomic mass is 19.1. The zero-order chi connectivity index (χ0) is 17.4. The third kappa shape index (κ3) is 2.71. The number of rotatable bonds is 3. The second kappa shape index (κ2) is 6.16. The summed E-state index contributed by atoms with van der Waals surface area (Å²) in [4.78, 5) is 18.9. The van der Waals surface area contributed by atoms with E-state index in [0.29, 0.717) is 22.3 Å². The average Bonchev–Trinajstić information content (AvgIpc) is 3.15. The number of hydrogen-bond acceptors (Lipinski definition) is 3. The average molecular weight is 336 g/mol. The van der Waals surface area contributed by atoms with E-state index in [2.05, 4.69) is 4.90 Å². The van der Waals surface area contributed by atoms with Gasteiger partial charge in [0, 0.05) is 24.0 Å². The maximum absolute atomic E-state index is 13.3. The van der Waals surface area contributed by atoms with Crippen molar-refractivity contribution in [2.24, 2.45) is 0 Å². The van der Waals surface area contributed by atoms with Gasteiger partial charge >= 0.3 is 5.97 Å². The summed E-state index contributed by atoms with van der Waals surface area (Å²) in [6, 6.07) is 13.3. The molecule has 1 aliphatic rings. The molecule has 25 heavy (non-hydrogen) atoms. The maximum atomic E-state index is 13.3. The third-order valence-corrected chi connectivity index (χ3v) is 4.62. The van der Waals surface area contributed by atoms with E-state index in [1.54, 1.807) is 18.2 Å². The molecular weight excluding hydrogens is 319 g/mol. The first kappa shape index (κ1) is 15.6. The van der Waals surface area contributed by atoms with Gasteiger partial charge in [0.1, 0.15) is 5.82 Å². The van der Waals surface area contributed by atoms with Crippen LogP contribution in [-0.4, -0.2) is 29.1 Å². The van der Waals surface area contributed by atoms with Gasteiger partial charge in [-0.05, 0) is 43.2 Å². The minimum Gasteiger partial charge on any atom is -0.478 e. The zero-order valence-corrected chi connectivity index (χ0v) is 13.6. The van der Waals surface area contributed by atoms with Crippen LogP contribution >= 0.6 is 0 Å². The molecule has 0 unspecified atom stereocenters. The van der Waals surface area contributed by atoms with E-state index in [0.717, 1.165) is 31.5 Å². The smallest absolute Gasteiger partial charge is 0.338 e. The number of hydrogen-bond donors (Lipinski definition) is 1. The number of carboxylic acid groups (broad SMARTS) is 1. The first-order chi connectivity index (χ1) is 12.1. The molecule has 126 valence electrons. The fourth-order valence-corrected chi connectivity index (χ4v) is 3.48. The molecule has 3 aromatic rings. The minimum atomic E-state index is -0.969. The van der Waals surface area contributed by atoms with E-state index in [4.69, 9.17) is 4.98 Å². The Morgan fingerprint density at radius 3 is 2.40 bits per heavy atom. The van der Waals surface area contributed by atoms with Crippen molar-refractivity contribution in [3.05, 3.63) is 59.9 Å². The number of carboxylic acids is 1. The predicted molar refractivity (Wildman–Crippen MR) is 95.5 cm³/mol. The summed E-state index contributed by atoms with van der Waals surface area (Å²) in [5.74, 6) is -1.30. The van der Waals surface area contributed by atoms with Gasteiger partial charge in [-0.3, -0.25) is 0 Å². The monoisotopic (exact) mass is 336 g/mol. The van der Waals surface area contributed by atoms with Gasteiger partial charge in [-0.1, -0.05) is 18.2 Å². The molecule has 4 rings (SSSR count).